The van der Waals surface area contributed by atoms with Crippen molar-refractivity contribution < 1.29 is 14.3 Å². The van der Waals surface area contributed by atoms with E-state index in [2.05, 4.69) is 11.8 Å². The first kappa shape index (κ1) is 19.4. The molecule has 2 aromatic rings. The van der Waals surface area contributed by atoms with E-state index in [-0.39, 0.29) is 12.5 Å². The summed E-state index contributed by atoms with van der Waals surface area (Å²) in [6.07, 6.45) is 0. The molecule has 3 rings (SSSR count). The number of rotatable bonds is 6. The van der Waals surface area contributed by atoms with Crippen molar-refractivity contribution in [3.63, 3.8) is 0 Å². The van der Waals surface area contributed by atoms with Gasteiger partial charge in [0.2, 0.25) is 0 Å². The van der Waals surface area contributed by atoms with Crippen LogP contribution in [-0.2, 0) is 4.79 Å². The highest BCUT2D eigenvalue weighted by Crippen LogP contribution is 2.25. The fourth-order valence-electron chi connectivity index (χ4n) is 3.16. The minimum Gasteiger partial charge on any atom is -0.494 e. The van der Waals surface area contributed by atoms with Crippen LogP contribution in [0.25, 0.3) is 0 Å². The zero-order valence-electron chi connectivity index (χ0n) is 15.8. The van der Waals surface area contributed by atoms with Crippen molar-refractivity contribution in [3.05, 3.63) is 53.1 Å². The number of amides is 1. The lowest BCUT2D eigenvalue weighted by Crippen LogP contribution is -2.50. The number of carbonyl (C=O) groups excluding carboxylic acids is 1. The number of nitrogens with zero attached hydrogens (tertiary/aromatic N) is 2. The Kier molecular flexibility index (Phi) is 6.45. The summed E-state index contributed by atoms with van der Waals surface area (Å²) in [5, 5.41) is 0.734. The van der Waals surface area contributed by atoms with Gasteiger partial charge in [0, 0.05) is 36.9 Å². The number of carbonyl (C=O) groups is 1. The van der Waals surface area contributed by atoms with Crippen molar-refractivity contribution in [2.45, 2.75) is 13.8 Å². The third kappa shape index (κ3) is 5.07. The molecule has 0 radical (unpaired) electrons. The standard InChI is InChI=1S/C21H25ClN2O3/c1-3-26-18-6-8-19(9-7-18)27-15-21(25)24-12-10-23(11-13-24)20-14-17(22)5-4-16(20)2/h4-9,14H,3,10-13,15H2,1-2H3. The molecule has 0 spiro atoms. The van der Waals surface area contributed by atoms with Gasteiger partial charge < -0.3 is 19.3 Å². The predicted octanol–water partition coefficient (Wildman–Crippen LogP) is 3.77. The Labute approximate surface area is 165 Å². The summed E-state index contributed by atoms with van der Waals surface area (Å²) in [4.78, 5) is 16.6. The molecule has 0 aromatic heterocycles. The normalized spacial score (nSPS) is 14.2. The molecule has 27 heavy (non-hydrogen) atoms. The van der Waals surface area contributed by atoms with Crippen LogP contribution in [0, 0.1) is 6.92 Å². The average molecular weight is 389 g/mol. The van der Waals surface area contributed by atoms with Gasteiger partial charge in [-0.25, -0.2) is 0 Å². The van der Waals surface area contributed by atoms with Crippen LogP contribution in [0.2, 0.25) is 5.02 Å². The van der Waals surface area contributed by atoms with Gasteiger partial charge in [0.15, 0.2) is 6.61 Å². The number of ether oxygens (including phenoxy) is 2. The summed E-state index contributed by atoms with van der Waals surface area (Å²) >= 11 is 6.13. The maximum Gasteiger partial charge on any atom is 0.260 e. The Morgan fingerprint density at radius 3 is 2.26 bits per heavy atom. The van der Waals surface area contributed by atoms with Gasteiger partial charge in [-0.2, -0.15) is 0 Å². The highest BCUT2D eigenvalue weighted by molar-refractivity contribution is 6.30. The van der Waals surface area contributed by atoms with Crippen molar-refractivity contribution in [1.82, 2.24) is 4.90 Å². The largest absolute Gasteiger partial charge is 0.494 e. The maximum absolute atomic E-state index is 12.4. The molecule has 1 amide bonds. The van der Waals surface area contributed by atoms with Crippen molar-refractivity contribution in [2.75, 3.05) is 44.3 Å². The molecular formula is C21H25ClN2O3. The lowest BCUT2D eigenvalue weighted by Gasteiger charge is -2.36. The van der Waals surface area contributed by atoms with Crippen LogP contribution >= 0.6 is 11.6 Å². The first-order valence-electron chi connectivity index (χ1n) is 9.21. The number of aryl methyl sites for hydroxylation is 1. The number of benzene rings is 2. The van der Waals surface area contributed by atoms with Crippen molar-refractivity contribution in [1.29, 1.82) is 0 Å². The Balaban J connectivity index is 1.49. The monoisotopic (exact) mass is 388 g/mol. The van der Waals surface area contributed by atoms with Gasteiger partial charge in [0.1, 0.15) is 11.5 Å². The smallest absolute Gasteiger partial charge is 0.260 e. The molecule has 5 nitrogen and oxygen atoms in total. The molecule has 0 aliphatic carbocycles. The fourth-order valence-corrected chi connectivity index (χ4v) is 3.32. The van der Waals surface area contributed by atoms with E-state index in [0.29, 0.717) is 25.4 Å². The Hall–Kier alpha value is -2.40. The second kappa shape index (κ2) is 9.00. The molecule has 1 saturated heterocycles. The summed E-state index contributed by atoms with van der Waals surface area (Å²) in [6.45, 7) is 7.62. The van der Waals surface area contributed by atoms with E-state index in [4.69, 9.17) is 21.1 Å². The van der Waals surface area contributed by atoms with E-state index in [1.807, 2.05) is 54.3 Å². The second-order valence-corrected chi connectivity index (χ2v) is 6.93. The molecular weight excluding hydrogens is 364 g/mol. The second-order valence-electron chi connectivity index (χ2n) is 6.49. The summed E-state index contributed by atoms with van der Waals surface area (Å²) in [7, 11) is 0. The topological polar surface area (TPSA) is 42.0 Å². The van der Waals surface area contributed by atoms with E-state index >= 15 is 0 Å². The van der Waals surface area contributed by atoms with E-state index in [9.17, 15) is 4.79 Å². The summed E-state index contributed by atoms with van der Waals surface area (Å²) < 4.78 is 11.0. The lowest BCUT2D eigenvalue weighted by atomic mass is 10.1. The maximum atomic E-state index is 12.4. The van der Waals surface area contributed by atoms with Crippen LogP contribution in [-0.4, -0.2) is 50.2 Å². The van der Waals surface area contributed by atoms with Crippen molar-refractivity contribution >= 4 is 23.2 Å². The average Bonchev–Trinajstić information content (AvgIpc) is 2.69. The van der Waals surface area contributed by atoms with Crippen LogP contribution in [0.3, 0.4) is 0 Å². The highest BCUT2D eigenvalue weighted by atomic mass is 35.5. The molecule has 6 heteroatoms. The minimum absolute atomic E-state index is 0.00588. The molecule has 1 aliphatic rings. The molecule has 0 N–H and O–H groups in total. The van der Waals surface area contributed by atoms with Crippen LogP contribution in [0.15, 0.2) is 42.5 Å². The van der Waals surface area contributed by atoms with E-state index in [1.165, 1.54) is 5.56 Å². The Morgan fingerprint density at radius 1 is 1.00 bits per heavy atom. The molecule has 144 valence electrons. The summed E-state index contributed by atoms with van der Waals surface area (Å²) in [5.74, 6) is 1.47. The number of halogens is 1. The van der Waals surface area contributed by atoms with Gasteiger partial charge in [-0.1, -0.05) is 17.7 Å². The van der Waals surface area contributed by atoms with E-state index < -0.39 is 0 Å². The van der Waals surface area contributed by atoms with Crippen LogP contribution < -0.4 is 14.4 Å². The number of hydrogen-bond acceptors (Lipinski definition) is 4. The van der Waals surface area contributed by atoms with Crippen molar-refractivity contribution in [2.24, 2.45) is 0 Å². The minimum atomic E-state index is 0.00588. The van der Waals surface area contributed by atoms with Crippen molar-refractivity contribution in [3.8, 4) is 11.5 Å². The van der Waals surface area contributed by atoms with Gasteiger partial charge in [-0.05, 0) is 55.8 Å². The van der Waals surface area contributed by atoms with Gasteiger partial charge in [0.25, 0.3) is 5.91 Å². The molecule has 2 aromatic carbocycles. The molecule has 0 bridgehead atoms. The summed E-state index contributed by atoms with van der Waals surface area (Å²) in [6, 6.07) is 13.2. The highest BCUT2D eigenvalue weighted by Gasteiger charge is 2.22. The number of hydrogen-bond donors (Lipinski definition) is 0. The Morgan fingerprint density at radius 2 is 1.63 bits per heavy atom. The first-order chi connectivity index (χ1) is 13.1. The zero-order valence-corrected chi connectivity index (χ0v) is 16.5. The third-order valence-electron chi connectivity index (χ3n) is 4.64. The molecule has 0 unspecified atom stereocenters. The fraction of sp³-hybridized carbons (Fsp3) is 0.381. The molecule has 1 aliphatic heterocycles. The molecule has 0 saturated carbocycles. The van der Waals surface area contributed by atoms with Crippen LogP contribution in [0.5, 0.6) is 11.5 Å². The van der Waals surface area contributed by atoms with Gasteiger partial charge >= 0.3 is 0 Å². The SMILES string of the molecule is CCOc1ccc(OCC(=O)N2CCN(c3cc(Cl)ccc3C)CC2)cc1. The lowest BCUT2D eigenvalue weighted by molar-refractivity contribution is -0.133. The van der Waals surface area contributed by atoms with Gasteiger partial charge in [0.05, 0.1) is 6.61 Å². The summed E-state index contributed by atoms with van der Waals surface area (Å²) in [5.41, 5.74) is 2.33. The van der Waals surface area contributed by atoms with Gasteiger partial charge in [-0.15, -0.1) is 0 Å². The number of piperazine rings is 1. The van der Waals surface area contributed by atoms with E-state index in [1.54, 1.807) is 0 Å². The molecule has 1 heterocycles. The third-order valence-corrected chi connectivity index (χ3v) is 4.88. The first-order valence-corrected chi connectivity index (χ1v) is 9.59. The number of anilines is 1. The van der Waals surface area contributed by atoms with Crippen LogP contribution in [0.1, 0.15) is 12.5 Å². The quantitative estimate of drug-likeness (QED) is 0.755. The molecule has 1 fully saturated rings. The predicted molar refractivity (Wildman–Crippen MR) is 108 cm³/mol. The molecule has 0 atom stereocenters. The Bertz CT molecular complexity index is 771. The van der Waals surface area contributed by atoms with Gasteiger partial charge in [-0.3, -0.25) is 4.79 Å². The van der Waals surface area contributed by atoms with E-state index in [0.717, 1.165) is 29.5 Å². The zero-order chi connectivity index (χ0) is 19.2. The van der Waals surface area contributed by atoms with Crippen LogP contribution in [0.4, 0.5) is 5.69 Å².